The van der Waals surface area contributed by atoms with E-state index in [1.807, 2.05) is 65.8 Å². The van der Waals surface area contributed by atoms with Crippen LogP contribution in [0, 0.1) is 0 Å². The lowest BCUT2D eigenvalue weighted by molar-refractivity contribution is -0.130. The number of amides is 2. The highest BCUT2D eigenvalue weighted by Gasteiger charge is 2.28. The number of imidazole rings is 2. The highest BCUT2D eigenvalue weighted by molar-refractivity contribution is 7.89. The van der Waals surface area contributed by atoms with E-state index in [0.29, 0.717) is 69.4 Å². The average molecular weight is 796 g/mol. The Morgan fingerprint density at radius 2 is 1.12 bits per heavy atom. The molecule has 7 heterocycles. The Hall–Kier alpha value is -5.58. The number of halogens is 1. The number of carbonyl (C=O) groups is 2. The maximum atomic E-state index is 12.9. The summed E-state index contributed by atoms with van der Waals surface area (Å²) < 4.78 is 30.4. The van der Waals surface area contributed by atoms with E-state index in [0.717, 1.165) is 54.4 Å². The SMILES string of the molecule is O=C(Cc1ccc(Cl)cc1)N1CCN(c2ccc3nccn3n2)CC1.O=C(c1ccc(S(=O)(=O)N2CCCC2)cc1)N1CCN(c2ccc3nccn3n2)CC1. The summed E-state index contributed by atoms with van der Waals surface area (Å²) in [7, 11) is -3.47. The number of sulfonamides is 1. The quantitative estimate of drug-likeness (QED) is 0.234. The first-order valence-electron chi connectivity index (χ1n) is 18.7. The second-order valence-corrected chi connectivity index (χ2v) is 16.3. The van der Waals surface area contributed by atoms with Crippen LogP contribution in [0.1, 0.15) is 28.8 Å². The van der Waals surface area contributed by atoms with E-state index in [9.17, 15) is 18.0 Å². The average Bonchev–Trinajstić information content (AvgIpc) is 4.05. The van der Waals surface area contributed by atoms with Crippen LogP contribution < -0.4 is 9.80 Å². The summed E-state index contributed by atoms with van der Waals surface area (Å²) in [4.78, 5) is 42.1. The van der Waals surface area contributed by atoms with Crippen molar-refractivity contribution < 1.29 is 18.0 Å². The molecular weight excluding hydrogens is 754 g/mol. The fourth-order valence-electron chi connectivity index (χ4n) is 7.19. The minimum absolute atomic E-state index is 0.0807. The fraction of sp³-hybridized carbons (Fsp3) is 0.333. The summed E-state index contributed by atoms with van der Waals surface area (Å²) in [5.41, 5.74) is 3.13. The third-order valence-corrected chi connectivity index (χ3v) is 12.6. The van der Waals surface area contributed by atoms with E-state index in [2.05, 4.69) is 30.0 Å². The number of hydrogen-bond donors (Lipinski definition) is 0. The van der Waals surface area contributed by atoms with Crippen LogP contribution in [0.15, 0.2) is 102 Å². The molecule has 2 amide bonds. The van der Waals surface area contributed by atoms with E-state index in [-0.39, 0.29) is 16.7 Å². The van der Waals surface area contributed by atoms with Crippen molar-refractivity contribution in [2.45, 2.75) is 24.2 Å². The van der Waals surface area contributed by atoms with Crippen molar-refractivity contribution in [1.29, 1.82) is 0 Å². The zero-order valence-electron chi connectivity index (χ0n) is 30.8. The number of piperazine rings is 2. The van der Waals surface area contributed by atoms with Gasteiger partial charge in [-0.25, -0.2) is 27.4 Å². The van der Waals surface area contributed by atoms with E-state index in [1.165, 1.54) is 4.31 Å². The molecule has 0 N–H and O–H groups in total. The van der Waals surface area contributed by atoms with Crippen LogP contribution in [0.3, 0.4) is 0 Å². The van der Waals surface area contributed by atoms with Crippen molar-refractivity contribution in [3.8, 4) is 0 Å². The van der Waals surface area contributed by atoms with E-state index < -0.39 is 10.0 Å². The van der Waals surface area contributed by atoms with Crippen LogP contribution in [0.25, 0.3) is 11.3 Å². The smallest absolute Gasteiger partial charge is 0.253 e. The first-order chi connectivity index (χ1) is 27.2. The first kappa shape index (κ1) is 37.3. The number of rotatable bonds is 7. The number of anilines is 2. The van der Waals surface area contributed by atoms with Crippen LogP contribution >= 0.6 is 11.6 Å². The molecule has 56 heavy (non-hydrogen) atoms. The third-order valence-electron chi connectivity index (χ3n) is 10.4. The van der Waals surface area contributed by atoms with Gasteiger partial charge in [-0.3, -0.25) is 9.59 Å². The standard InChI is InChI=1S/C21H24N6O3S.C18H18ClN5O/c28-21(17-3-5-18(6-4-17)31(29,30)26-10-1-2-11-26)25-15-13-24(14-16-25)20-8-7-19-22-9-12-27(19)23-20;19-15-3-1-14(2-4-15)13-18(25)23-11-9-22(10-12-23)17-6-5-16-20-7-8-24(16)21-17/h3-9,12H,1-2,10-11,13-16H2;1-8H,9-13H2. The van der Waals surface area contributed by atoms with Crippen molar-refractivity contribution in [2.24, 2.45) is 0 Å². The predicted octanol–water partition coefficient (Wildman–Crippen LogP) is 3.75. The van der Waals surface area contributed by atoms with Crippen LogP contribution in [0.2, 0.25) is 5.02 Å². The molecule has 3 saturated heterocycles. The minimum Gasteiger partial charge on any atom is -0.352 e. The Morgan fingerprint density at radius 3 is 1.66 bits per heavy atom. The van der Waals surface area contributed by atoms with Crippen molar-refractivity contribution in [3.05, 3.63) is 114 Å². The van der Waals surface area contributed by atoms with Gasteiger partial charge in [-0.15, -0.1) is 10.2 Å². The number of hydrogen-bond acceptors (Lipinski definition) is 10. The molecule has 0 saturated carbocycles. The van der Waals surface area contributed by atoms with Crippen molar-refractivity contribution >= 4 is 56.4 Å². The van der Waals surface area contributed by atoms with E-state index in [4.69, 9.17) is 11.6 Å². The topological polar surface area (TPSA) is 145 Å². The van der Waals surface area contributed by atoms with E-state index >= 15 is 0 Å². The molecule has 0 unspecified atom stereocenters. The summed E-state index contributed by atoms with van der Waals surface area (Å²) in [5, 5.41) is 9.82. The molecule has 9 rings (SSSR count). The van der Waals surface area contributed by atoms with Gasteiger partial charge in [0.25, 0.3) is 5.91 Å². The Bertz CT molecular complexity index is 2420. The Balaban J connectivity index is 0.000000161. The second kappa shape index (κ2) is 16.3. The molecule has 17 heteroatoms. The van der Waals surface area contributed by atoms with Gasteiger partial charge in [0.1, 0.15) is 11.6 Å². The largest absolute Gasteiger partial charge is 0.352 e. The van der Waals surface area contributed by atoms with E-state index in [1.54, 1.807) is 50.6 Å². The van der Waals surface area contributed by atoms with Gasteiger partial charge >= 0.3 is 0 Å². The molecule has 2 aromatic carbocycles. The molecule has 15 nitrogen and oxygen atoms in total. The Labute approximate surface area is 329 Å². The lowest BCUT2D eigenvalue weighted by atomic mass is 10.1. The Morgan fingerprint density at radius 1 is 0.607 bits per heavy atom. The van der Waals surface area contributed by atoms with Crippen LogP contribution in [0.5, 0.6) is 0 Å². The summed E-state index contributed by atoms with van der Waals surface area (Å²) in [6.45, 7) is 6.62. The molecular formula is C39H42ClN11O4S. The molecule has 4 aromatic heterocycles. The van der Waals surface area contributed by atoms with Gasteiger partial charge in [0, 0.05) is 101 Å². The Kier molecular flexibility index (Phi) is 10.8. The predicted molar refractivity (Wildman–Crippen MR) is 212 cm³/mol. The zero-order valence-corrected chi connectivity index (χ0v) is 32.3. The molecule has 0 aliphatic carbocycles. The highest BCUT2D eigenvalue weighted by atomic mass is 35.5. The number of aromatic nitrogens is 6. The van der Waals surface area contributed by atoms with Gasteiger partial charge in [-0.1, -0.05) is 23.7 Å². The van der Waals surface area contributed by atoms with Gasteiger partial charge < -0.3 is 19.6 Å². The first-order valence-corrected chi connectivity index (χ1v) is 20.6. The summed E-state index contributed by atoms with van der Waals surface area (Å²) in [6.07, 6.45) is 9.30. The number of nitrogens with zero attached hydrogens (tertiary/aromatic N) is 11. The number of benzene rings is 2. The molecule has 0 spiro atoms. The van der Waals surface area contributed by atoms with Crippen LogP contribution in [-0.2, 0) is 21.2 Å². The van der Waals surface area contributed by atoms with Gasteiger partial charge in [0.05, 0.1) is 11.3 Å². The molecule has 3 fully saturated rings. The molecule has 3 aliphatic heterocycles. The second-order valence-electron chi connectivity index (χ2n) is 13.9. The zero-order chi connectivity index (χ0) is 38.6. The molecule has 0 atom stereocenters. The fourth-order valence-corrected chi connectivity index (χ4v) is 8.83. The lowest BCUT2D eigenvalue weighted by Gasteiger charge is -2.35. The maximum absolute atomic E-state index is 12.9. The minimum atomic E-state index is -3.47. The van der Waals surface area contributed by atoms with Crippen molar-refractivity contribution in [1.82, 2.24) is 43.3 Å². The summed E-state index contributed by atoms with van der Waals surface area (Å²) >= 11 is 5.89. The highest BCUT2D eigenvalue weighted by Crippen LogP contribution is 2.23. The normalized spacial score (nSPS) is 16.7. The lowest BCUT2D eigenvalue weighted by Crippen LogP contribution is -2.49. The van der Waals surface area contributed by atoms with Gasteiger partial charge in [-0.05, 0) is 79.1 Å². The third kappa shape index (κ3) is 8.17. The maximum Gasteiger partial charge on any atom is 0.253 e. The summed E-state index contributed by atoms with van der Waals surface area (Å²) in [5.74, 6) is 1.84. The number of fused-ring (bicyclic) bond motifs is 2. The van der Waals surface area contributed by atoms with Gasteiger partial charge in [-0.2, -0.15) is 4.31 Å². The van der Waals surface area contributed by atoms with Crippen molar-refractivity contribution in [2.75, 3.05) is 75.2 Å². The molecule has 290 valence electrons. The molecule has 3 aliphatic rings. The summed E-state index contributed by atoms with van der Waals surface area (Å²) in [6, 6.07) is 21.6. The van der Waals surface area contributed by atoms with Gasteiger partial charge in [0.2, 0.25) is 15.9 Å². The van der Waals surface area contributed by atoms with Gasteiger partial charge in [0.15, 0.2) is 11.3 Å². The van der Waals surface area contributed by atoms with Crippen LogP contribution in [-0.4, -0.2) is 129 Å². The number of carbonyl (C=O) groups excluding carboxylic acids is 2. The molecule has 6 aromatic rings. The molecule has 0 bridgehead atoms. The van der Waals surface area contributed by atoms with Crippen molar-refractivity contribution in [3.63, 3.8) is 0 Å². The van der Waals surface area contributed by atoms with Crippen LogP contribution in [0.4, 0.5) is 11.6 Å². The monoisotopic (exact) mass is 795 g/mol. The molecule has 0 radical (unpaired) electrons.